The summed E-state index contributed by atoms with van der Waals surface area (Å²) in [5, 5.41) is 20.0. The van der Waals surface area contributed by atoms with Crippen LogP contribution in [0.15, 0.2) is 54.7 Å². The predicted molar refractivity (Wildman–Crippen MR) is 104 cm³/mol. The summed E-state index contributed by atoms with van der Waals surface area (Å²) in [4.78, 5) is 12.5. The summed E-state index contributed by atoms with van der Waals surface area (Å²) in [6.45, 7) is 2.09. The molecule has 7 heteroatoms. The first-order valence-corrected chi connectivity index (χ1v) is 8.86. The maximum Gasteiger partial charge on any atom is 0.255 e. The molecule has 3 aromatic rings. The zero-order valence-electron chi connectivity index (χ0n) is 14.8. The smallest absolute Gasteiger partial charge is 0.255 e. The van der Waals surface area contributed by atoms with Crippen molar-refractivity contribution in [3.8, 4) is 17.0 Å². The fourth-order valence-electron chi connectivity index (χ4n) is 2.59. The van der Waals surface area contributed by atoms with E-state index in [4.69, 9.17) is 16.3 Å². The molecule has 140 valence electrons. The number of aliphatic hydroxyl groups excluding tert-OH is 1. The van der Waals surface area contributed by atoms with Gasteiger partial charge in [0, 0.05) is 17.1 Å². The van der Waals surface area contributed by atoms with Crippen LogP contribution in [0.4, 0.5) is 0 Å². The number of hydrogen-bond donors (Lipinski definition) is 3. The highest BCUT2D eigenvalue weighted by atomic mass is 35.5. The van der Waals surface area contributed by atoms with E-state index in [1.807, 2.05) is 43.3 Å². The van der Waals surface area contributed by atoms with Crippen LogP contribution in [-0.4, -0.2) is 40.5 Å². The van der Waals surface area contributed by atoms with Crippen molar-refractivity contribution in [3.63, 3.8) is 0 Å². The summed E-state index contributed by atoms with van der Waals surface area (Å²) in [7, 11) is 0. The third-order valence-corrected chi connectivity index (χ3v) is 4.29. The minimum absolute atomic E-state index is 0.0534. The number of amides is 1. The standard InChI is InChI=1S/C20H20ClN3O3/c1-13-5-4-6-15(9-13)27-12-14(25)10-22-20(26)17-11-23-24-19(17)16-7-2-3-8-18(16)21/h2-9,11,14,25H,10,12H2,1H3,(H,22,26)(H,23,24). The van der Waals surface area contributed by atoms with Gasteiger partial charge in [0.05, 0.1) is 17.5 Å². The largest absolute Gasteiger partial charge is 0.491 e. The summed E-state index contributed by atoms with van der Waals surface area (Å²) >= 11 is 6.19. The van der Waals surface area contributed by atoms with Gasteiger partial charge < -0.3 is 15.2 Å². The zero-order chi connectivity index (χ0) is 19.2. The second-order valence-electron chi connectivity index (χ2n) is 6.13. The average molecular weight is 386 g/mol. The van der Waals surface area contributed by atoms with Crippen LogP contribution < -0.4 is 10.1 Å². The van der Waals surface area contributed by atoms with Crippen LogP contribution in [0, 0.1) is 6.92 Å². The van der Waals surface area contributed by atoms with E-state index >= 15 is 0 Å². The first-order chi connectivity index (χ1) is 13.0. The van der Waals surface area contributed by atoms with Crippen molar-refractivity contribution >= 4 is 17.5 Å². The first-order valence-electron chi connectivity index (χ1n) is 8.48. The number of carbonyl (C=O) groups is 1. The van der Waals surface area contributed by atoms with Gasteiger partial charge in [-0.15, -0.1) is 0 Å². The molecule has 0 spiro atoms. The minimum atomic E-state index is -0.842. The Morgan fingerprint density at radius 2 is 2.11 bits per heavy atom. The van der Waals surface area contributed by atoms with Crippen LogP contribution in [0.2, 0.25) is 5.02 Å². The van der Waals surface area contributed by atoms with E-state index in [9.17, 15) is 9.90 Å². The minimum Gasteiger partial charge on any atom is -0.491 e. The highest BCUT2D eigenvalue weighted by molar-refractivity contribution is 6.33. The highest BCUT2D eigenvalue weighted by Gasteiger charge is 2.18. The Kier molecular flexibility index (Phi) is 6.11. The molecule has 0 fully saturated rings. The molecule has 0 aliphatic carbocycles. The molecule has 1 amide bonds. The van der Waals surface area contributed by atoms with Gasteiger partial charge in [0.25, 0.3) is 5.91 Å². The number of aryl methyl sites for hydroxylation is 1. The van der Waals surface area contributed by atoms with Crippen molar-refractivity contribution in [3.05, 3.63) is 70.9 Å². The van der Waals surface area contributed by atoms with Crippen LogP contribution >= 0.6 is 11.6 Å². The van der Waals surface area contributed by atoms with E-state index in [0.717, 1.165) is 5.56 Å². The van der Waals surface area contributed by atoms with E-state index in [-0.39, 0.29) is 19.1 Å². The Hall–Kier alpha value is -2.83. The number of nitrogens with one attached hydrogen (secondary N) is 2. The number of benzene rings is 2. The molecule has 0 bridgehead atoms. The summed E-state index contributed by atoms with van der Waals surface area (Å²) < 4.78 is 5.54. The summed E-state index contributed by atoms with van der Waals surface area (Å²) in [6, 6.07) is 14.7. The summed E-state index contributed by atoms with van der Waals surface area (Å²) in [5.74, 6) is 0.324. The third-order valence-electron chi connectivity index (χ3n) is 3.96. The van der Waals surface area contributed by atoms with E-state index in [1.54, 1.807) is 12.1 Å². The van der Waals surface area contributed by atoms with Gasteiger partial charge in [0.1, 0.15) is 18.5 Å². The molecule has 2 aromatic carbocycles. The van der Waals surface area contributed by atoms with Gasteiger partial charge in [-0.1, -0.05) is 41.9 Å². The number of halogens is 1. The number of hydrogen-bond acceptors (Lipinski definition) is 4. The van der Waals surface area contributed by atoms with Crippen LogP contribution in [0.1, 0.15) is 15.9 Å². The molecule has 6 nitrogen and oxygen atoms in total. The van der Waals surface area contributed by atoms with E-state index in [2.05, 4.69) is 15.5 Å². The SMILES string of the molecule is Cc1cccc(OCC(O)CNC(=O)c2cn[nH]c2-c2ccccc2Cl)c1. The van der Waals surface area contributed by atoms with Gasteiger partial charge >= 0.3 is 0 Å². The summed E-state index contributed by atoms with van der Waals surface area (Å²) in [5.41, 5.74) is 2.64. The molecule has 3 rings (SSSR count). The molecule has 0 radical (unpaired) electrons. The second-order valence-corrected chi connectivity index (χ2v) is 6.54. The number of aliphatic hydroxyl groups is 1. The van der Waals surface area contributed by atoms with Crippen LogP contribution in [0.25, 0.3) is 11.3 Å². The Morgan fingerprint density at radius 1 is 1.30 bits per heavy atom. The van der Waals surface area contributed by atoms with Crippen molar-refractivity contribution < 1.29 is 14.6 Å². The van der Waals surface area contributed by atoms with Gasteiger partial charge in [-0.3, -0.25) is 9.89 Å². The third kappa shape index (κ3) is 4.87. The van der Waals surface area contributed by atoms with E-state index < -0.39 is 6.10 Å². The maximum atomic E-state index is 12.5. The van der Waals surface area contributed by atoms with Gasteiger partial charge in [0.2, 0.25) is 0 Å². The topological polar surface area (TPSA) is 87.2 Å². The Morgan fingerprint density at radius 3 is 2.89 bits per heavy atom. The van der Waals surface area contributed by atoms with Crippen molar-refractivity contribution in [2.75, 3.05) is 13.2 Å². The number of aromatic nitrogens is 2. The lowest BCUT2D eigenvalue weighted by Crippen LogP contribution is -2.35. The number of carbonyl (C=O) groups excluding carboxylic acids is 1. The predicted octanol–water partition coefficient (Wildman–Crippen LogP) is 3.21. The number of aromatic amines is 1. The van der Waals surface area contributed by atoms with Crippen molar-refractivity contribution in [1.82, 2.24) is 15.5 Å². The quantitative estimate of drug-likeness (QED) is 0.582. The molecular formula is C20H20ClN3O3. The average Bonchev–Trinajstić information content (AvgIpc) is 3.14. The monoisotopic (exact) mass is 385 g/mol. The van der Waals surface area contributed by atoms with Crippen LogP contribution in [0.3, 0.4) is 0 Å². The number of ether oxygens (including phenoxy) is 1. The van der Waals surface area contributed by atoms with Crippen molar-refractivity contribution in [2.24, 2.45) is 0 Å². The molecule has 0 saturated heterocycles. The molecule has 1 heterocycles. The van der Waals surface area contributed by atoms with Crippen molar-refractivity contribution in [1.29, 1.82) is 0 Å². The Balaban J connectivity index is 1.57. The molecule has 0 aliphatic heterocycles. The van der Waals surface area contributed by atoms with Gasteiger partial charge in [-0.05, 0) is 30.7 Å². The molecular weight excluding hydrogens is 366 g/mol. The highest BCUT2D eigenvalue weighted by Crippen LogP contribution is 2.28. The van der Waals surface area contributed by atoms with Crippen LogP contribution in [0.5, 0.6) is 5.75 Å². The van der Waals surface area contributed by atoms with Gasteiger partial charge in [0.15, 0.2) is 0 Å². The summed E-state index contributed by atoms with van der Waals surface area (Å²) in [6.07, 6.45) is 0.592. The first kappa shape index (κ1) is 18.9. The molecule has 1 atom stereocenters. The lowest BCUT2D eigenvalue weighted by Gasteiger charge is -2.14. The van der Waals surface area contributed by atoms with Crippen LogP contribution in [-0.2, 0) is 0 Å². The zero-order valence-corrected chi connectivity index (χ0v) is 15.5. The van der Waals surface area contributed by atoms with Gasteiger partial charge in [-0.25, -0.2) is 0 Å². The molecule has 1 aromatic heterocycles. The second kappa shape index (κ2) is 8.70. The molecule has 3 N–H and O–H groups in total. The maximum absolute atomic E-state index is 12.5. The van der Waals surface area contributed by atoms with Crippen molar-refractivity contribution in [2.45, 2.75) is 13.0 Å². The molecule has 27 heavy (non-hydrogen) atoms. The number of nitrogens with zero attached hydrogens (tertiary/aromatic N) is 1. The number of rotatable bonds is 7. The normalized spacial score (nSPS) is 11.8. The fraction of sp³-hybridized carbons (Fsp3) is 0.200. The molecule has 0 aliphatic rings. The van der Waals surface area contributed by atoms with E-state index in [0.29, 0.717) is 27.6 Å². The molecule has 0 saturated carbocycles. The van der Waals surface area contributed by atoms with Gasteiger partial charge in [-0.2, -0.15) is 5.10 Å². The van der Waals surface area contributed by atoms with E-state index in [1.165, 1.54) is 6.20 Å². The Labute approximate surface area is 162 Å². The molecule has 1 unspecified atom stereocenters. The number of H-pyrrole nitrogens is 1. The lowest BCUT2D eigenvalue weighted by molar-refractivity contribution is 0.0844. The Bertz CT molecular complexity index is 926. The lowest BCUT2D eigenvalue weighted by atomic mass is 10.1. The fourth-order valence-corrected chi connectivity index (χ4v) is 2.82.